The van der Waals surface area contributed by atoms with Gasteiger partial charge in [0.25, 0.3) is 0 Å². The number of rotatable bonds is 4. The summed E-state index contributed by atoms with van der Waals surface area (Å²) in [6, 6.07) is 13.3. The van der Waals surface area contributed by atoms with E-state index >= 15 is 0 Å². The molecule has 0 saturated carbocycles. The van der Waals surface area contributed by atoms with E-state index in [1.165, 1.54) is 17.5 Å². The first kappa shape index (κ1) is 20.8. The molecule has 0 unspecified atom stereocenters. The standard InChI is InChI=1S/C23H24BrN3O3S/c24-20-10-7-17(8-11-20)22-25-23(30-26-22)19-6-3-13-27(15-19)31(28,29)21-12-9-16-4-1-2-5-18(16)14-21/h7-12,14,19H,1-6,13,15H2/t19-/m0/s1. The van der Waals surface area contributed by atoms with Gasteiger partial charge in [0.05, 0.1) is 10.8 Å². The molecule has 5 rings (SSSR count). The molecule has 0 spiro atoms. The first-order valence-corrected chi connectivity index (χ1v) is 13.0. The summed E-state index contributed by atoms with van der Waals surface area (Å²) in [6.45, 7) is 0.880. The van der Waals surface area contributed by atoms with Gasteiger partial charge in [-0.15, -0.1) is 0 Å². The van der Waals surface area contributed by atoms with Gasteiger partial charge in [0.1, 0.15) is 0 Å². The highest BCUT2D eigenvalue weighted by Crippen LogP contribution is 2.32. The lowest BCUT2D eigenvalue weighted by atomic mass is 9.92. The van der Waals surface area contributed by atoms with Crippen LogP contribution < -0.4 is 0 Å². The zero-order chi connectivity index (χ0) is 21.4. The van der Waals surface area contributed by atoms with Crippen LogP contribution >= 0.6 is 15.9 Å². The fourth-order valence-corrected chi connectivity index (χ4v) is 6.34. The largest absolute Gasteiger partial charge is 0.339 e. The van der Waals surface area contributed by atoms with E-state index in [4.69, 9.17) is 4.52 Å². The Kier molecular flexibility index (Phi) is 5.71. The van der Waals surface area contributed by atoms with Gasteiger partial charge in [-0.05, 0) is 86.1 Å². The molecule has 1 aliphatic carbocycles. The summed E-state index contributed by atoms with van der Waals surface area (Å²) in [7, 11) is -3.55. The lowest BCUT2D eigenvalue weighted by Gasteiger charge is -2.30. The van der Waals surface area contributed by atoms with Crippen LogP contribution in [-0.4, -0.2) is 36.0 Å². The van der Waals surface area contributed by atoms with Gasteiger partial charge in [-0.2, -0.15) is 9.29 Å². The minimum Gasteiger partial charge on any atom is -0.339 e. The SMILES string of the molecule is O=S(=O)(c1ccc2c(c1)CCCC2)N1CCC[C@H](c2nc(-c3ccc(Br)cc3)no2)C1. The number of halogens is 1. The molecule has 0 N–H and O–H groups in total. The van der Waals surface area contributed by atoms with E-state index in [1.807, 2.05) is 36.4 Å². The summed E-state index contributed by atoms with van der Waals surface area (Å²) >= 11 is 3.42. The van der Waals surface area contributed by atoms with E-state index in [1.54, 1.807) is 10.4 Å². The summed E-state index contributed by atoms with van der Waals surface area (Å²) < 4.78 is 34.8. The van der Waals surface area contributed by atoms with Crippen LogP contribution in [0.1, 0.15) is 48.6 Å². The average Bonchev–Trinajstić information content (AvgIpc) is 3.30. The monoisotopic (exact) mass is 501 g/mol. The van der Waals surface area contributed by atoms with Gasteiger partial charge in [-0.3, -0.25) is 0 Å². The summed E-state index contributed by atoms with van der Waals surface area (Å²) in [5.41, 5.74) is 3.33. The maximum absolute atomic E-state index is 13.4. The number of hydrogen-bond donors (Lipinski definition) is 0. The quantitative estimate of drug-likeness (QED) is 0.505. The topological polar surface area (TPSA) is 76.3 Å². The smallest absolute Gasteiger partial charge is 0.243 e. The van der Waals surface area contributed by atoms with Crippen molar-refractivity contribution < 1.29 is 12.9 Å². The molecular formula is C23H24BrN3O3S. The Balaban J connectivity index is 1.36. The molecule has 2 heterocycles. The van der Waals surface area contributed by atoms with Crippen LogP contribution in [0.4, 0.5) is 0 Å². The van der Waals surface area contributed by atoms with Crippen molar-refractivity contribution in [2.75, 3.05) is 13.1 Å². The third-order valence-corrected chi connectivity index (χ3v) is 8.63. The summed E-state index contributed by atoms with van der Waals surface area (Å²) in [5, 5.41) is 4.12. The second kappa shape index (κ2) is 8.48. The number of fused-ring (bicyclic) bond motifs is 1. The highest BCUT2D eigenvalue weighted by molar-refractivity contribution is 9.10. The number of aryl methyl sites for hydroxylation is 2. The van der Waals surface area contributed by atoms with Crippen molar-refractivity contribution in [3.8, 4) is 11.4 Å². The van der Waals surface area contributed by atoms with E-state index in [-0.39, 0.29) is 5.92 Å². The van der Waals surface area contributed by atoms with Gasteiger partial charge in [-0.1, -0.05) is 27.2 Å². The zero-order valence-corrected chi connectivity index (χ0v) is 19.5. The molecule has 1 atom stereocenters. The van der Waals surface area contributed by atoms with Crippen LogP contribution in [0.3, 0.4) is 0 Å². The maximum Gasteiger partial charge on any atom is 0.243 e. The fraction of sp³-hybridized carbons (Fsp3) is 0.391. The van der Waals surface area contributed by atoms with Crippen LogP contribution in [0.25, 0.3) is 11.4 Å². The molecule has 1 saturated heterocycles. The fourth-order valence-electron chi connectivity index (χ4n) is 4.50. The number of aromatic nitrogens is 2. The lowest BCUT2D eigenvalue weighted by Crippen LogP contribution is -2.39. The first-order chi connectivity index (χ1) is 15.0. The second-order valence-electron chi connectivity index (χ2n) is 8.30. The van der Waals surface area contributed by atoms with Crippen molar-refractivity contribution in [1.29, 1.82) is 0 Å². The van der Waals surface area contributed by atoms with Crippen LogP contribution in [0.5, 0.6) is 0 Å². The summed E-state index contributed by atoms with van der Waals surface area (Å²) in [6.07, 6.45) is 5.91. The molecule has 6 nitrogen and oxygen atoms in total. The summed E-state index contributed by atoms with van der Waals surface area (Å²) in [4.78, 5) is 4.96. The average molecular weight is 502 g/mol. The van der Waals surface area contributed by atoms with E-state index < -0.39 is 10.0 Å². The third kappa shape index (κ3) is 4.21. The highest BCUT2D eigenvalue weighted by Gasteiger charge is 2.33. The number of piperidine rings is 1. The Hall–Kier alpha value is -2.03. The third-order valence-electron chi connectivity index (χ3n) is 6.24. The van der Waals surface area contributed by atoms with Crippen LogP contribution in [-0.2, 0) is 22.9 Å². The van der Waals surface area contributed by atoms with Crippen molar-refractivity contribution in [1.82, 2.24) is 14.4 Å². The molecule has 1 aliphatic heterocycles. The Morgan fingerprint density at radius 1 is 1.00 bits per heavy atom. The number of nitrogens with zero attached hydrogens (tertiary/aromatic N) is 3. The Labute approximate surface area is 190 Å². The predicted molar refractivity (Wildman–Crippen MR) is 121 cm³/mol. The number of sulfonamides is 1. The number of hydrogen-bond acceptors (Lipinski definition) is 5. The zero-order valence-electron chi connectivity index (χ0n) is 17.1. The molecule has 0 radical (unpaired) electrons. The normalized spacial score (nSPS) is 19.8. The molecule has 3 aromatic rings. The van der Waals surface area contributed by atoms with Gasteiger partial charge in [0, 0.05) is 23.1 Å². The minimum absolute atomic E-state index is 0.0992. The van der Waals surface area contributed by atoms with E-state index in [2.05, 4.69) is 26.1 Å². The van der Waals surface area contributed by atoms with Crippen molar-refractivity contribution in [2.24, 2.45) is 0 Å². The first-order valence-electron chi connectivity index (χ1n) is 10.7. The van der Waals surface area contributed by atoms with Crippen LogP contribution in [0.15, 0.2) is 56.4 Å². The molecule has 2 aliphatic rings. The molecule has 0 amide bonds. The molecule has 0 bridgehead atoms. The molecular weight excluding hydrogens is 478 g/mol. The van der Waals surface area contributed by atoms with Crippen molar-refractivity contribution in [3.63, 3.8) is 0 Å². The Morgan fingerprint density at radius 3 is 2.58 bits per heavy atom. The summed E-state index contributed by atoms with van der Waals surface area (Å²) in [5.74, 6) is 0.929. The predicted octanol–water partition coefficient (Wildman–Crippen LogP) is 4.95. The minimum atomic E-state index is -3.55. The molecule has 1 aromatic heterocycles. The van der Waals surface area contributed by atoms with Gasteiger partial charge in [-0.25, -0.2) is 8.42 Å². The number of benzene rings is 2. The molecule has 8 heteroatoms. The van der Waals surface area contributed by atoms with E-state index in [0.717, 1.165) is 42.1 Å². The molecule has 162 valence electrons. The maximum atomic E-state index is 13.4. The lowest BCUT2D eigenvalue weighted by molar-refractivity contribution is 0.265. The van der Waals surface area contributed by atoms with E-state index in [9.17, 15) is 8.42 Å². The van der Waals surface area contributed by atoms with Gasteiger partial charge in [0.15, 0.2) is 0 Å². The van der Waals surface area contributed by atoms with Crippen LogP contribution in [0.2, 0.25) is 0 Å². The second-order valence-corrected chi connectivity index (χ2v) is 11.2. The highest BCUT2D eigenvalue weighted by atomic mass is 79.9. The molecule has 2 aromatic carbocycles. The van der Waals surface area contributed by atoms with Crippen molar-refractivity contribution in [3.05, 3.63) is 64.0 Å². The van der Waals surface area contributed by atoms with Crippen molar-refractivity contribution in [2.45, 2.75) is 49.3 Å². The Morgan fingerprint density at radius 2 is 1.77 bits per heavy atom. The molecule has 1 fully saturated rings. The van der Waals surface area contributed by atoms with E-state index in [0.29, 0.717) is 29.7 Å². The Bertz CT molecular complexity index is 1190. The van der Waals surface area contributed by atoms with Gasteiger partial charge in [0.2, 0.25) is 21.7 Å². The van der Waals surface area contributed by atoms with Gasteiger partial charge < -0.3 is 4.52 Å². The van der Waals surface area contributed by atoms with Crippen LogP contribution in [0, 0.1) is 0 Å². The van der Waals surface area contributed by atoms with Gasteiger partial charge >= 0.3 is 0 Å². The molecule has 31 heavy (non-hydrogen) atoms. The van der Waals surface area contributed by atoms with Crippen molar-refractivity contribution >= 4 is 26.0 Å².